The molecule has 1 aromatic rings. The molecule has 0 bridgehead atoms. The van der Waals surface area contributed by atoms with E-state index >= 15 is 0 Å². The van der Waals surface area contributed by atoms with Gasteiger partial charge in [-0.1, -0.05) is 20.8 Å². The first-order valence-electron chi connectivity index (χ1n) is 5.62. The second-order valence-electron chi connectivity index (χ2n) is 5.19. The topological polar surface area (TPSA) is 61.1 Å². The molecule has 0 aliphatic heterocycles. The van der Waals surface area contributed by atoms with Crippen LogP contribution in [-0.4, -0.2) is 18.7 Å². The van der Waals surface area contributed by atoms with Crippen LogP contribution in [0, 0.1) is 0 Å². The summed E-state index contributed by atoms with van der Waals surface area (Å²) in [6.45, 7) is 6.95. The van der Waals surface area contributed by atoms with Crippen molar-refractivity contribution in [3.8, 4) is 0 Å². The first-order chi connectivity index (χ1) is 7.68. The molecule has 0 aliphatic rings. The Balaban J connectivity index is 2.58. The average molecular weight is 257 g/mol. The summed E-state index contributed by atoms with van der Waals surface area (Å²) >= 11 is 0. The summed E-state index contributed by atoms with van der Waals surface area (Å²) in [5.74, 6) is -0.305. The SMILES string of the molecule is CC(C)(C)c1cc[n+](CCCS(=O)(=O)[O-])cc1. The predicted molar refractivity (Wildman–Crippen MR) is 64.5 cm³/mol. The van der Waals surface area contributed by atoms with E-state index in [-0.39, 0.29) is 11.2 Å². The number of rotatable bonds is 4. The lowest BCUT2D eigenvalue weighted by Crippen LogP contribution is -2.34. The summed E-state index contributed by atoms with van der Waals surface area (Å²) in [6, 6.07) is 4.04. The van der Waals surface area contributed by atoms with E-state index in [2.05, 4.69) is 20.8 Å². The highest BCUT2D eigenvalue weighted by molar-refractivity contribution is 7.85. The van der Waals surface area contributed by atoms with Gasteiger partial charge >= 0.3 is 0 Å². The van der Waals surface area contributed by atoms with Gasteiger partial charge in [0, 0.05) is 24.3 Å². The maximum absolute atomic E-state index is 10.4. The van der Waals surface area contributed by atoms with Crippen molar-refractivity contribution < 1.29 is 17.5 Å². The Bertz CT molecular complexity index is 458. The quantitative estimate of drug-likeness (QED) is 0.601. The molecule has 0 aliphatic carbocycles. The highest BCUT2D eigenvalue weighted by Crippen LogP contribution is 2.20. The summed E-state index contributed by atoms with van der Waals surface area (Å²) in [5.41, 5.74) is 1.34. The number of hydrogen-bond donors (Lipinski definition) is 0. The first kappa shape index (κ1) is 14.1. The molecule has 0 saturated heterocycles. The maximum atomic E-state index is 10.4. The number of hydrogen-bond acceptors (Lipinski definition) is 3. The Labute approximate surface area is 103 Å². The van der Waals surface area contributed by atoms with Crippen LogP contribution in [0.25, 0.3) is 0 Å². The van der Waals surface area contributed by atoms with Gasteiger partial charge in [-0.15, -0.1) is 0 Å². The molecule has 0 saturated carbocycles. The van der Waals surface area contributed by atoms with Crippen LogP contribution in [0.1, 0.15) is 32.8 Å². The van der Waals surface area contributed by atoms with E-state index in [1.165, 1.54) is 5.56 Å². The van der Waals surface area contributed by atoms with Gasteiger partial charge in [0.25, 0.3) is 0 Å². The smallest absolute Gasteiger partial charge is 0.169 e. The second-order valence-corrected chi connectivity index (χ2v) is 6.71. The molecule has 0 fully saturated rings. The molecule has 96 valence electrons. The van der Waals surface area contributed by atoms with Crippen molar-refractivity contribution in [2.75, 3.05) is 5.75 Å². The van der Waals surface area contributed by atoms with Gasteiger partial charge in [-0.05, 0) is 11.0 Å². The van der Waals surface area contributed by atoms with Crippen LogP contribution in [-0.2, 0) is 22.1 Å². The molecule has 1 rings (SSSR count). The minimum absolute atomic E-state index is 0.109. The molecule has 5 heteroatoms. The number of aryl methyl sites for hydroxylation is 1. The highest BCUT2D eigenvalue weighted by atomic mass is 32.2. The zero-order chi connectivity index (χ0) is 13.1. The second kappa shape index (κ2) is 5.14. The first-order valence-corrected chi connectivity index (χ1v) is 7.19. The average Bonchev–Trinajstić information content (AvgIpc) is 2.15. The summed E-state index contributed by atoms with van der Waals surface area (Å²) in [5, 5.41) is 0. The third-order valence-electron chi connectivity index (χ3n) is 2.57. The molecule has 1 heterocycles. The van der Waals surface area contributed by atoms with Crippen molar-refractivity contribution in [2.45, 2.75) is 39.2 Å². The Morgan fingerprint density at radius 2 is 1.76 bits per heavy atom. The van der Waals surface area contributed by atoms with Crippen molar-refractivity contribution in [3.63, 3.8) is 0 Å². The maximum Gasteiger partial charge on any atom is 0.169 e. The van der Waals surface area contributed by atoms with Crippen LogP contribution in [0.5, 0.6) is 0 Å². The summed E-state index contributed by atoms with van der Waals surface area (Å²) < 4.78 is 33.2. The number of aromatic nitrogens is 1. The molecule has 0 spiro atoms. The van der Waals surface area contributed by atoms with Crippen LogP contribution < -0.4 is 4.57 Å². The fraction of sp³-hybridized carbons (Fsp3) is 0.583. The van der Waals surface area contributed by atoms with Gasteiger partial charge < -0.3 is 4.55 Å². The molecule has 0 aromatic carbocycles. The Morgan fingerprint density at radius 1 is 1.24 bits per heavy atom. The molecule has 0 atom stereocenters. The van der Waals surface area contributed by atoms with Crippen LogP contribution in [0.2, 0.25) is 0 Å². The van der Waals surface area contributed by atoms with Crippen molar-refractivity contribution in [2.24, 2.45) is 0 Å². The van der Waals surface area contributed by atoms with E-state index in [0.29, 0.717) is 13.0 Å². The summed E-state index contributed by atoms with van der Waals surface area (Å²) in [7, 11) is -4.09. The molecule has 1 aromatic heterocycles. The highest BCUT2D eigenvalue weighted by Gasteiger charge is 2.14. The molecular weight excluding hydrogens is 238 g/mol. The van der Waals surface area contributed by atoms with Gasteiger partial charge in [0.2, 0.25) is 0 Å². The van der Waals surface area contributed by atoms with E-state index in [0.717, 1.165) is 0 Å². The lowest BCUT2D eigenvalue weighted by atomic mass is 9.88. The molecular formula is C12H19NO3S. The predicted octanol–water partition coefficient (Wildman–Crippen LogP) is 1.21. The Kier molecular flexibility index (Phi) is 4.27. The van der Waals surface area contributed by atoms with E-state index < -0.39 is 10.1 Å². The van der Waals surface area contributed by atoms with Gasteiger partial charge in [0.1, 0.15) is 6.54 Å². The van der Waals surface area contributed by atoms with Crippen molar-refractivity contribution >= 4 is 10.1 Å². The molecule has 17 heavy (non-hydrogen) atoms. The molecule has 0 amide bonds. The number of nitrogens with zero attached hydrogens (tertiary/aromatic N) is 1. The largest absolute Gasteiger partial charge is 0.748 e. The zero-order valence-electron chi connectivity index (χ0n) is 10.5. The molecule has 0 radical (unpaired) electrons. The van der Waals surface area contributed by atoms with Crippen molar-refractivity contribution in [3.05, 3.63) is 30.1 Å². The minimum Gasteiger partial charge on any atom is -0.748 e. The van der Waals surface area contributed by atoms with Crippen LogP contribution >= 0.6 is 0 Å². The lowest BCUT2D eigenvalue weighted by molar-refractivity contribution is -0.696. The normalized spacial score (nSPS) is 12.7. The van der Waals surface area contributed by atoms with E-state index in [4.69, 9.17) is 0 Å². The third-order valence-corrected chi connectivity index (χ3v) is 3.36. The van der Waals surface area contributed by atoms with Gasteiger partial charge in [-0.2, -0.15) is 0 Å². The molecule has 0 unspecified atom stereocenters. The Hall–Kier alpha value is -0.940. The Morgan fingerprint density at radius 3 is 2.18 bits per heavy atom. The fourth-order valence-corrected chi connectivity index (χ4v) is 2.01. The summed E-state index contributed by atoms with van der Waals surface area (Å²) in [4.78, 5) is 0. The van der Waals surface area contributed by atoms with Gasteiger partial charge in [0.15, 0.2) is 12.4 Å². The van der Waals surface area contributed by atoms with Gasteiger partial charge in [-0.3, -0.25) is 0 Å². The fourth-order valence-electron chi connectivity index (χ4n) is 1.53. The minimum atomic E-state index is -4.09. The van der Waals surface area contributed by atoms with Crippen molar-refractivity contribution in [1.29, 1.82) is 0 Å². The zero-order valence-corrected chi connectivity index (χ0v) is 11.3. The van der Waals surface area contributed by atoms with Gasteiger partial charge in [-0.25, -0.2) is 13.0 Å². The van der Waals surface area contributed by atoms with Gasteiger partial charge in [0.05, 0.1) is 10.1 Å². The van der Waals surface area contributed by atoms with Crippen LogP contribution in [0.4, 0.5) is 0 Å². The molecule has 4 nitrogen and oxygen atoms in total. The van der Waals surface area contributed by atoms with E-state index in [1.54, 1.807) is 0 Å². The molecule has 0 N–H and O–H groups in total. The lowest BCUT2D eigenvalue weighted by Gasteiger charge is -2.17. The van der Waals surface area contributed by atoms with E-state index in [1.807, 2.05) is 29.1 Å². The van der Waals surface area contributed by atoms with Crippen LogP contribution in [0.15, 0.2) is 24.5 Å². The van der Waals surface area contributed by atoms with Crippen molar-refractivity contribution in [1.82, 2.24) is 0 Å². The standard InChI is InChI=1S/C12H19NO3S/c1-12(2,3)11-5-8-13(9-6-11)7-4-10-17(14,15)16/h5-6,8-9H,4,7,10H2,1-3H3. The third kappa shape index (κ3) is 5.28. The van der Waals surface area contributed by atoms with Crippen LogP contribution in [0.3, 0.4) is 0 Å². The monoisotopic (exact) mass is 257 g/mol. The van der Waals surface area contributed by atoms with E-state index in [9.17, 15) is 13.0 Å². The summed E-state index contributed by atoms with van der Waals surface area (Å²) in [6.07, 6.45) is 4.18. The number of pyridine rings is 1.